The number of rotatable bonds is 10. The first-order valence-electron chi connectivity index (χ1n) is 9.79. The first-order chi connectivity index (χ1) is 15.9. The van der Waals surface area contributed by atoms with E-state index in [1.807, 2.05) is 0 Å². The monoisotopic (exact) mass is 493 g/mol. The van der Waals surface area contributed by atoms with Gasteiger partial charge < -0.3 is 9.84 Å². The predicted octanol–water partition coefficient (Wildman–Crippen LogP) is 3.54. The summed E-state index contributed by atoms with van der Waals surface area (Å²) in [6.07, 6.45) is -2.08. The minimum Gasteiger partial charge on any atom is -0.377 e. The van der Waals surface area contributed by atoms with Gasteiger partial charge in [0.2, 0.25) is 0 Å². The van der Waals surface area contributed by atoms with Gasteiger partial charge in [-0.1, -0.05) is 6.07 Å². The molecule has 0 aliphatic carbocycles. The van der Waals surface area contributed by atoms with Gasteiger partial charge in [-0.25, -0.2) is 13.5 Å². The summed E-state index contributed by atoms with van der Waals surface area (Å²) in [5, 5.41) is 21.1. The summed E-state index contributed by atoms with van der Waals surface area (Å²) < 4.78 is 100. The average Bonchev–Trinajstić information content (AvgIpc) is 3.25. The molecule has 184 valence electrons. The fourth-order valence-electron chi connectivity index (χ4n) is 3.20. The molecule has 0 amide bonds. The Morgan fingerprint density at radius 3 is 2.38 bits per heavy atom. The minimum absolute atomic E-state index is 0.178. The highest BCUT2D eigenvalue weighted by molar-refractivity contribution is 5.31. The topological polar surface area (TPSA) is 86.0 Å². The van der Waals surface area contributed by atoms with Crippen molar-refractivity contribution in [1.29, 1.82) is 0 Å². The van der Waals surface area contributed by atoms with Crippen LogP contribution in [0.25, 0.3) is 0 Å². The fraction of sp³-hybridized carbons (Fsp3) is 0.400. The Kier molecular flexibility index (Phi) is 7.51. The van der Waals surface area contributed by atoms with E-state index in [9.17, 15) is 27.1 Å². The Hall–Kier alpha value is -3.13. The SMILES string of the molecule is OC(Cn1cnnn1)(c1ccc(F)cc1F)C(F)(F)c1ccc(CCCOCC(F)(F)F)cn1. The fourth-order valence-corrected chi connectivity index (χ4v) is 3.20. The molecule has 0 aliphatic rings. The predicted molar refractivity (Wildman–Crippen MR) is 101 cm³/mol. The van der Waals surface area contributed by atoms with Crippen LogP contribution in [0.15, 0.2) is 42.9 Å². The summed E-state index contributed by atoms with van der Waals surface area (Å²) in [6, 6.07) is 3.92. The van der Waals surface area contributed by atoms with Gasteiger partial charge in [-0.2, -0.15) is 22.0 Å². The zero-order valence-electron chi connectivity index (χ0n) is 17.3. The molecule has 0 aliphatic heterocycles. The van der Waals surface area contributed by atoms with Gasteiger partial charge in [0.1, 0.15) is 30.3 Å². The maximum absolute atomic E-state index is 15.6. The molecule has 0 spiro atoms. The van der Waals surface area contributed by atoms with Crippen LogP contribution in [0.5, 0.6) is 0 Å². The lowest BCUT2D eigenvalue weighted by Crippen LogP contribution is -2.48. The number of aromatic nitrogens is 5. The Labute approximate surface area is 188 Å². The van der Waals surface area contributed by atoms with E-state index >= 15 is 8.78 Å². The number of alkyl halides is 5. The van der Waals surface area contributed by atoms with E-state index in [0.717, 1.165) is 29.3 Å². The second-order valence-corrected chi connectivity index (χ2v) is 7.39. The number of halogens is 7. The van der Waals surface area contributed by atoms with Gasteiger partial charge in [0.05, 0.1) is 6.54 Å². The molecule has 14 heteroatoms. The molecule has 3 rings (SSSR count). The van der Waals surface area contributed by atoms with Crippen LogP contribution in [0, 0.1) is 11.6 Å². The van der Waals surface area contributed by atoms with E-state index < -0.39 is 53.7 Å². The molecular weight excluding hydrogens is 475 g/mol. The molecule has 7 nitrogen and oxygen atoms in total. The van der Waals surface area contributed by atoms with Crippen molar-refractivity contribution >= 4 is 0 Å². The molecule has 1 atom stereocenters. The van der Waals surface area contributed by atoms with Crippen molar-refractivity contribution < 1.29 is 40.6 Å². The second kappa shape index (κ2) is 10.0. The van der Waals surface area contributed by atoms with Crippen molar-refractivity contribution in [1.82, 2.24) is 25.2 Å². The molecule has 1 unspecified atom stereocenters. The van der Waals surface area contributed by atoms with Crippen molar-refractivity contribution in [2.45, 2.75) is 37.1 Å². The Bertz CT molecular complexity index is 1080. The lowest BCUT2D eigenvalue weighted by atomic mass is 9.84. The highest BCUT2D eigenvalue weighted by Gasteiger charge is 2.57. The molecule has 3 aromatic rings. The van der Waals surface area contributed by atoms with Crippen LogP contribution < -0.4 is 0 Å². The lowest BCUT2D eigenvalue weighted by Gasteiger charge is -2.35. The van der Waals surface area contributed by atoms with Crippen LogP contribution in [-0.4, -0.2) is 49.7 Å². The number of aryl methyl sites for hydroxylation is 1. The molecule has 1 aromatic carbocycles. The summed E-state index contributed by atoms with van der Waals surface area (Å²) in [7, 11) is 0. The van der Waals surface area contributed by atoms with E-state index in [4.69, 9.17) is 0 Å². The molecule has 0 radical (unpaired) electrons. The summed E-state index contributed by atoms with van der Waals surface area (Å²) in [5.41, 5.74) is -4.67. The normalized spacial score (nSPS) is 14.2. The summed E-state index contributed by atoms with van der Waals surface area (Å²) in [5.74, 6) is -6.65. The zero-order chi connectivity index (χ0) is 25.0. The third-order valence-electron chi connectivity index (χ3n) is 4.84. The Morgan fingerprint density at radius 2 is 1.79 bits per heavy atom. The molecule has 34 heavy (non-hydrogen) atoms. The molecule has 2 heterocycles. The van der Waals surface area contributed by atoms with E-state index in [-0.39, 0.29) is 19.4 Å². The van der Waals surface area contributed by atoms with E-state index in [0.29, 0.717) is 17.7 Å². The molecule has 0 saturated heterocycles. The van der Waals surface area contributed by atoms with Gasteiger partial charge in [-0.15, -0.1) is 5.10 Å². The second-order valence-electron chi connectivity index (χ2n) is 7.39. The third kappa shape index (κ3) is 5.86. The first-order valence-corrected chi connectivity index (χ1v) is 9.79. The number of aliphatic hydroxyl groups is 1. The number of pyridine rings is 1. The number of benzene rings is 1. The van der Waals surface area contributed by atoms with E-state index in [1.165, 1.54) is 6.07 Å². The summed E-state index contributed by atoms with van der Waals surface area (Å²) in [4.78, 5) is 3.67. The smallest absolute Gasteiger partial charge is 0.377 e. The van der Waals surface area contributed by atoms with Crippen molar-refractivity contribution in [2.24, 2.45) is 0 Å². The minimum atomic E-state index is -4.45. The van der Waals surface area contributed by atoms with Crippen molar-refractivity contribution in [3.05, 3.63) is 71.3 Å². The van der Waals surface area contributed by atoms with Gasteiger partial charge in [-0.05, 0) is 47.0 Å². The Balaban J connectivity index is 1.82. The first kappa shape index (κ1) is 25.5. The van der Waals surface area contributed by atoms with Crippen LogP contribution in [-0.2, 0) is 29.2 Å². The van der Waals surface area contributed by atoms with E-state index in [1.54, 1.807) is 0 Å². The van der Waals surface area contributed by atoms with Gasteiger partial charge >= 0.3 is 12.1 Å². The van der Waals surface area contributed by atoms with Crippen molar-refractivity contribution in [3.8, 4) is 0 Å². The van der Waals surface area contributed by atoms with Crippen molar-refractivity contribution in [2.75, 3.05) is 13.2 Å². The molecule has 0 bridgehead atoms. The van der Waals surface area contributed by atoms with Crippen LogP contribution in [0.3, 0.4) is 0 Å². The molecule has 2 aromatic heterocycles. The number of hydrogen-bond acceptors (Lipinski definition) is 6. The third-order valence-corrected chi connectivity index (χ3v) is 4.84. The highest BCUT2D eigenvalue weighted by Crippen LogP contribution is 2.46. The number of nitrogens with zero attached hydrogens (tertiary/aromatic N) is 5. The summed E-state index contributed by atoms with van der Waals surface area (Å²) in [6.45, 7) is -2.58. The zero-order valence-corrected chi connectivity index (χ0v) is 17.3. The summed E-state index contributed by atoms with van der Waals surface area (Å²) >= 11 is 0. The van der Waals surface area contributed by atoms with E-state index in [2.05, 4.69) is 25.2 Å². The maximum Gasteiger partial charge on any atom is 0.411 e. The Morgan fingerprint density at radius 1 is 1.03 bits per heavy atom. The highest BCUT2D eigenvalue weighted by atomic mass is 19.4. The van der Waals surface area contributed by atoms with Crippen LogP contribution >= 0.6 is 0 Å². The molecular formula is C20H18F7N5O2. The number of hydrogen-bond donors (Lipinski definition) is 1. The average molecular weight is 493 g/mol. The molecule has 0 saturated carbocycles. The van der Waals surface area contributed by atoms with Gasteiger partial charge in [0.25, 0.3) is 0 Å². The van der Waals surface area contributed by atoms with Gasteiger partial charge in [0, 0.05) is 24.4 Å². The lowest BCUT2D eigenvalue weighted by molar-refractivity contribution is -0.207. The molecule has 1 N–H and O–H groups in total. The van der Waals surface area contributed by atoms with Gasteiger partial charge in [0.15, 0.2) is 5.60 Å². The standard InChI is InChI=1S/C20H18F7N5O2/c21-14-4-5-15(16(22)8-14)18(33,10-32-12-29-30-31-32)20(26,27)17-6-3-13(9-28-17)2-1-7-34-11-19(23,24)25/h3-6,8-9,12,33H,1-2,7,10-11H2. The largest absolute Gasteiger partial charge is 0.411 e. The van der Waals surface area contributed by atoms with Gasteiger partial charge in [-0.3, -0.25) is 4.98 Å². The quantitative estimate of drug-likeness (QED) is 0.344. The number of ether oxygens (including phenoxy) is 1. The van der Waals surface area contributed by atoms with Crippen LogP contribution in [0.2, 0.25) is 0 Å². The van der Waals surface area contributed by atoms with Crippen LogP contribution in [0.1, 0.15) is 23.2 Å². The maximum atomic E-state index is 15.6. The van der Waals surface area contributed by atoms with Crippen LogP contribution in [0.4, 0.5) is 30.7 Å². The molecule has 0 fully saturated rings. The van der Waals surface area contributed by atoms with Crippen molar-refractivity contribution in [3.63, 3.8) is 0 Å². The number of tetrazole rings is 1.